The molecule has 0 aliphatic carbocycles. The first-order valence-electron chi connectivity index (χ1n) is 11.9. The molecule has 188 valence electrons. The van der Waals surface area contributed by atoms with Crippen molar-refractivity contribution in [3.05, 3.63) is 59.7 Å². The number of rotatable bonds is 11. The van der Waals surface area contributed by atoms with Crippen molar-refractivity contribution in [1.82, 2.24) is 0 Å². The minimum absolute atomic E-state index is 0.0869. The maximum atomic E-state index is 6.41. The average Bonchev–Trinajstić information content (AvgIpc) is 2.71. The van der Waals surface area contributed by atoms with Crippen LogP contribution < -0.4 is 20.7 Å². The Morgan fingerprint density at radius 2 is 1.35 bits per heavy atom. The number of ether oxygens (including phenoxy) is 2. The SMILES string of the molecule is CCC1(COP(Oc2ccc(C(C)(C)c3ccc(OC(C)(C)N)cc3)cc2)C(C)(C)N)COC1. The molecule has 2 aromatic rings. The Morgan fingerprint density at radius 3 is 1.74 bits per heavy atom. The second-order valence-electron chi connectivity index (χ2n) is 11.0. The Morgan fingerprint density at radius 1 is 0.853 bits per heavy atom. The molecule has 1 aliphatic rings. The van der Waals surface area contributed by atoms with Gasteiger partial charge in [-0.3, -0.25) is 5.73 Å². The lowest BCUT2D eigenvalue weighted by molar-refractivity contribution is -0.133. The highest BCUT2D eigenvalue weighted by molar-refractivity contribution is 7.49. The Labute approximate surface area is 206 Å². The zero-order valence-corrected chi connectivity index (χ0v) is 22.6. The zero-order valence-electron chi connectivity index (χ0n) is 21.7. The Hall–Kier alpha value is -1.69. The van der Waals surface area contributed by atoms with Crippen molar-refractivity contribution in [3.63, 3.8) is 0 Å². The van der Waals surface area contributed by atoms with Crippen LogP contribution in [0, 0.1) is 5.41 Å². The largest absolute Gasteiger partial charge is 0.474 e. The quantitative estimate of drug-likeness (QED) is 0.302. The molecule has 4 N–H and O–H groups in total. The average molecular weight is 489 g/mol. The molecule has 3 rings (SSSR count). The smallest absolute Gasteiger partial charge is 0.250 e. The minimum atomic E-state index is -1.32. The maximum absolute atomic E-state index is 6.41. The maximum Gasteiger partial charge on any atom is 0.250 e. The summed E-state index contributed by atoms with van der Waals surface area (Å²) in [6.07, 6.45) is 1.02. The third kappa shape index (κ3) is 6.71. The summed E-state index contributed by atoms with van der Waals surface area (Å²) in [6, 6.07) is 16.3. The second-order valence-corrected chi connectivity index (χ2v) is 13.1. The van der Waals surface area contributed by atoms with Crippen LogP contribution in [0.2, 0.25) is 0 Å². The highest BCUT2D eigenvalue weighted by Gasteiger charge is 2.40. The summed E-state index contributed by atoms with van der Waals surface area (Å²) in [7, 11) is -1.32. The number of nitrogens with two attached hydrogens (primary N) is 2. The molecule has 0 amide bonds. The first-order valence-corrected chi connectivity index (χ1v) is 13.1. The van der Waals surface area contributed by atoms with E-state index in [-0.39, 0.29) is 10.8 Å². The fraction of sp³-hybridized carbons (Fsp3) is 0.556. The van der Waals surface area contributed by atoms with Crippen LogP contribution in [0.25, 0.3) is 0 Å². The summed E-state index contributed by atoms with van der Waals surface area (Å²) in [4.78, 5) is 0. The first kappa shape index (κ1) is 26.9. The van der Waals surface area contributed by atoms with Crippen molar-refractivity contribution in [2.75, 3.05) is 19.8 Å². The van der Waals surface area contributed by atoms with Crippen molar-refractivity contribution in [1.29, 1.82) is 0 Å². The lowest BCUT2D eigenvalue weighted by Crippen LogP contribution is -2.46. The van der Waals surface area contributed by atoms with Crippen molar-refractivity contribution < 1.29 is 18.5 Å². The van der Waals surface area contributed by atoms with Gasteiger partial charge in [-0.25, -0.2) is 0 Å². The van der Waals surface area contributed by atoms with Crippen LogP contribution in [-0.4, -0.2) is 30.8 Å². The van der Waals surface area contributed by atoms with E-state index in [2.05, 4.69) is 45.0 Å². The van der Waals surface area contributed by atoms with E-state index in [1.807, 2.05) is 52.0 Å². The standard InChI is InChI=1S/C27H41N2O4P/c1-8-27(17-30-18-27)19-31-34(26(6,7)29)33-23-15-11-21(12-16-23)24(2,3)20-9-13-22(14-10-20)32-25(4,5)28/h9-16H,8,17-19,28-29H2,1-7H3. The van der Waals surface area contributed by atoms with Gasteiger partial charge in [-0.05, 0) is 69.5 Å². The van der Waals surface area contributed by atoms with Crippen LogP contribution in [-0.2, 0) is 14.7 Å². The highest BCUT2D eigenvalue weighted by Crippen LogP contribution is 2.50. The highest BCUT2D eigenvalue weighted by atomic mass is 31.2. The molecule has 7 heteroatoms. The lowest BCUT2D eigenvalue weighted by Gasteiger charge is -2.42. The van der Waals surface area contributed by atoms with E-state index in [4.69, 9.17) is 30.0 Å². The molecule has 0 bridgehead atoms. The van der Waals surface area contributed by atoms with Crippen molar-refractivity contribution >= 4 is 8.38 Å². The van der Waals surface area contributed by atoms with Gasteiger partial charge in [-0.1, -0.05) is 45.0 Å². The van der Waals surface area contributed by atoms with E-state index >= 15 is 0 Å². The van der Waals surface area contributed by atoms with Crippen molar-refractivity contribution in [2.45, 2.75) is 71.3 Å². The summed E-state index contributed by atoms with van der Waals surface area (Å²) in [5.74, 6) is 1.51. The fourth-order valence-electron chi connectivity index (χ4n) is 3.72. The van der Waals surface area contributed by atoms with Crippen molar-refractivity contribution in [3.8, 4) is 11.5 Å². The molecule has 1 unspecified atom stereocenters. The van der Waals surface area contributed by atoms with E-state index in [0.717, 1.165) is 31.1 Å². The van der Waals surface area contributed by atoms with Gasteiger partial charge in [0, 0.05) is 10.8 Å². The monoisotopic (exact) mass is 488 g/mol. The summed E-state index contributed by atoms with van der Waals surface area (Å²) < 4.78 is 23.7. The predicted molar refractivity (Wildman–Crippen MR) is 139 cm³/mol. The first-order chi connectivity index (χ1) is 15.7. The zero-order chi connectivity index (χ0) is 25.2. The third-order valence-electron chi connectivity index (χ3n) is 6.25. The van der Waals surface area contributed by atoms with E-state index in [9.17, 15) is 0 Å². The van der Waals surface area contributed by atoms with Gasteiger partial charge < -0.3 is 24.3 Å². The molecule has 0 aromatic heterocycles. The van der Waals surface area contributed by atoms with Crippen LogP contribution in [0.1, 0.15) is 66.0 Å². The lowest BCUT2D eigenvalue weighted by atomic mass is 9.78. The van der Waals surface area contributed by atoms with Gasteiger partial charge in [-0.2, -0.15) is 0 Å². The van der Waals surface area contributed by atoms with Gasteiger partial charge in [0.25, 0.3) is 8.38 Å². The Bertz CT molecular complexity index is 922. The van der Waals surface area contributed by atoms with Crippen LogP contribution in [0.3, 0.4) is 0 Å². The number of benzene rings is 2. The number of hydrogen-bond acceptors (Lipinski definition) is 6. The van der Waals surface area contributed by atoms with Crippen molar-refractivity contribution in [2.24, 2.45) is 16.9 Å². The molecule has 1 atom stereocenters. The molecule has 0 spiro atoms. The number of hydrogen-bond donors (Lipinski definition) is 2. The normalized spacial score (nSPS) is 17.1. The molecular weight excluding hydrogens is 447 g/mol. The molecule has 1 fully saturated rings. The van der Waals surface area contributed by atoms with Crippen LogP contribution in [0.4, 0.5) is 0 Å². The van der Waals surface area contributed by atoms with E-state index in [0.29, 0.717) is 6.61 Å². The Kier molecular flexibility index (Phi) is 8.01. The topological polar surface area (TPSA) is 89.0 Å². The van der Waals surface area contributed by atoms with Gasteiger partial charge in [0.2, 0.25) is 0 Å². The summed E-state index contributed by atoms with van der Waals surface area (Å²) >= 11 is 0. The van der Waals surface area contributed by atoms with Crippen LogP contribution >= 0.6 is 8.38 Å². The van der Waals surface area contributed by atoms with Gasteiger partial charge >= 0.3 is 0 Å². The summed E-state index contributed by atoms with van der Waals surface area (Å²) in [5, 5.41) is -0.589. The van der Waals surface area contributed by atoms with Gasteiger partial charge in [0.15, 0.2) is 5.72 Å². The molecule has 2 aromatic carbocycles. The molecule has 1 heterocycles. The summed E-state index contributed by atoms with van der Waals surface area (Å²) in [5.41, 5.74) is 13.9. The van der Waals surface area contributed by atoms with E-state index < -0.39 is 19.4 Å². The van der Waals surface area contributed by atoms with Gasteiger partial charge in [-0.15, -0.1) is 0 Å². The second kappa shape index (κ2) is 10.1. The Balaban J connectivity index is 1.69. The molecule has 34 heavy (non-hydrogen) atoms. The fourth-order valence-corrected chi connectivity index (χ4v) is 5.05. The summed E-state index contributed by atoms with van der Waals surface area (Å²) in [6.45, 7) is 16.2. The predicted octanol–water partition coefficient (Wildman–Crippen LogP) is 5.91. The molecule has 6 nitrogen and oxygen atoms in total. The van der Waals surface area contributed by atoms with Gasteiger partial charge in [0.1, 0.15) is 11.5 Å². The minimum Gasteiger partial charge on any atom is -0.474 e. The van der Waals surface area contributed by atoms with E-state index in [1.165, 1.54) is 11.1 Å². The molecular formula is C27H41N2O4P. The molecule has 0 saturated carbocycles. The molecule has 1 saturated heterocycles. The molecule has 0 radical (unpaired) electrons. The van der Waals surface area contributed by atoms with Gasteiger partial charge in [0.05, 0.1) is 25.1 Å². The van der Waals surface area contributed by atoms with Crippen LogP contribution in [0.15, 0.2) is 48.5 Å². The third-order valence-corrected chi connectivity index (χ3v) is 7.93. The van der Waals surface area contributed by atoms with E-state index in [1.54, 1.807) is 0 Å². The van der Waals surface area contributed by atoms with Crippen LogP contribution in [0.5, 0.6) is 11.5 Å². The molecule has 1 aliphatic heterocycles.